The second-order valence-corrected chi connectivity index (χ2v) is 4.71. The van der Waals surface area contributed by atoms with Crippen molar-refractivity contribution in [2.24, 2.45) is 5.92 Å². The zero-order valence-corrected chi connectivity index (χ0v) is 10.6. The number of anilines is 1. The number of carboxylic acid groups (broad SMARTS) is 1. The number of nitro groups is 1. The summed E-state index contributed by atoms with van der Waals surface area (Å²) in [6.45, 7) is 2.66. The van der Waals surface area contributed by atoms with Gasteiger partial charge in [-0.25, -0.2) is 4.98 Å². The Labute approximate surface area is 110 Å². The summed E-state index contributed by atoms with van der Waals surface area (Å²) in [4.78, 5) is 27.4. The number of aliphatic carboxylic acids is 1. The third-order valence-corrected chi connectivity index (χ3v) is 3.35. The Balaban J connectivity index is 2.24. The summed E-state index contributed by atoms with van der Waals surface area (Å²) in [5, 5.41) is 19.9. The first-order chi connectivity index (χ1) is 8.99. The van der Waals surface area contributed by atoms with Gasteiger partial charge in [-0.2, -0.15) is 0 Å². The summed E-state index contributed by atoms with van der Waals surface area (Å²) in [7, 11) is 0. The molecule has 0 spiro atoms. The molecule has 0 amide bonds. The first kappa shape index (κ1) is 13.3. The lowest BCUT2D eigenvalue weighted by Crippen LogP contribution is -2.39. The molecule has 102 valence electrons. The minimum Gasteiger partial charge on any atom is -0.481 e. The van der Waals surface area contributed by atoms with Crippen molar-refractivity contribution in [3.63, 3.8) is 0 Å². The number of aryl methyl sites for hydroxylation is 1. The fourth-order valence-corrected chi connectivity index (χ4v) is 2.26. The highest BCUT2D eigenvalue weighted by atomic mass is 16.6. The molecule has 1 aromatic rings. The van der Waals surface area contributed by atoms with Crippen LogP contribution >= 0.6 is 0 Å². The van der Waals surface area contributed by atoms with Crippen LogP contribution in [0.3, 0.4) is 0 Å². The average Bonchev–Trinajstić information content (AvgIpc) is 2.39. The molecular weight excluding hydrogens is 250 g/mol. The van der Waals surface area contributed by atoms with Gasteiger partial charge in [0.05, 0.1) is 16.9 Å². The predicted octanol–water partition coefficient (Wildman–Crippen LogP) is 1.60. The highest BCUT2D eigenvalue weighted by Crippen LogP contribution is 2.26. The molecule has 1 saturated heterocycles. The van der Waals surface area contributed by atoms with Crippen molar-refractivity contribution in [1.82, 2.24) is 4.98 Å². The average molecular weight is 265 g/mol. The van der Waals surface area contributed by atoms with Crippen LogP contribution in [0.4, 0.5) is 11.5 Å². The Morgan fingerprint density at radius 3 is 3.00 bits per heavy atom. The molecule has 2 rings (SSSR count). The van der Waals surface area contributed by atoms with Gasteiger partial charge in [-0.15, -0.1) is 0 Å². The van der Waals surface area contributed by atoms with Crippen LogP contribution in [0.5, 0.6) is 0 Å². The number of nitrogens with zero attached hydrogens (tertiary/aromatic N) is 3. The SMILES string of the molecule is Cc1cnc(N2CCCC(C(=O)O)C2)cc1[N+](=O)[O-]. The van der Waals surface area contributed by atoms with E-state index in [0.29, 0.717) is 30.9 Å². The predicted molar refractivity (Wildman–Crippen MR) is 68.2 cm³/mol. The highest BCUT2D eigenvalue weighted by molar-refractivity contribution is 5.71. The molecular formula is C12H15N3O4. The van der Waals surface area contributed by atoms with Gasteiger partial charge in [0.1, 0.15) is 5.82 Å². The van der Waals surface area contributed by atoms with Crippen LogP contribution in [-0.2, 0) is 4.79 Å². The van der Waals surface area contributed by atoms with Gasteiger partial charge in [0.25, 0.3) is 5.69 Å². The number of piperidine rings is 1. The summed E-state index contributed by atoms with van der Waals surface area (Å²) < 4.78 is 0. The molecule has 1 atom stereocenters. The maximum atomic E-state index is 11.0. The van der Waals surface area contributed by atoms with Crippen molar-refractivity contribution in [2.45, 2.75) is 19.8 Å². The van der Waals surface area contributed by atoms with E-state index in [1.165, 1.54) is 12.3 Å². The molecule has 1 N–H and O–H groups in total. The number of pyridine rings is 1. The van der Waals surface area contributed by atoms with Gasteiger partial charge in [-0.1, -0.05) is 0 Å². The molecule has 7 heteroatoms. The van der Waals surface area contributed by atoms with Crippen molar-refractivity contribution >= 4 is 17.5 Å². The lowest BCUT2D eigenvalue weighted by Gasteiger charge is -2.31. The molecule has 7 nitrogen and oxygen atoms in total. The molecule has 1 aliphatic rings. The molecule has 19 heavy (non-hydrogen) atoms. The Morgan fingerprint density at radius 1 is 1.63 bits per heavy atom. The third-order valence-electron chi connectivity index (χ3n) is 3.35. The van der Waals surface area contributed by atoms with Crippen LogP contribution in [0.25, 0.3) is 0 Å². The number of rotatable bonds is 3. The minimum atomic E-state index is -0.827. The van der Waals surface area contributed by atoms with Gasteiger partial charge < -0.3 is 10.0 Å². The van der Waals surface area contributed by atoms with Gasteiger partial charge >= 0.3 is 5.97 Å². The molecule has 1 aromatic heterocycles. The topological polar surface area (TPSA) is 96.6 Å². The van der Waals surface area contributed by atoms with Gasteiger partial charge in [-0.3, -0.25) is 14.9 Å². The quantitative estimate of drug-likeness (QED) is 0.658. The molecule has 0 aromatic carbocycles. The molecule has 1 unspecified atom stereocenters. The molecule has 0 bridgehead atoms. The molecule has 1 fully saturated rings. The zero-order chi connectivity index (χ0) is 14.0. The first-order valence-corrected chi connectivity index (χ1v) is 6.08. The van der Waals surface area contributed by atoms with E-state index < -0.39 is 16.8 Å². The van der Waals surface area contributed by atoms with E-state index in [-0.39, 0.29) is 5.69 Å². The van der Waals surface area contributed by atoms with Gasteiger partial charge in [-0.05, 0) is 19.8 Å². The number of hydrogen-bond donors (Lipinski definition) is 1. The third kappa shape index (κ3) is 2.81. The molecule has 0 saturated carbocycles. The Bertz CT molecular complexity index is 518. The van der Waals surface area contributed by atoms with Gasteiger partial charge in [0.2, 0.25) is 0 Å². The van der Waals surface area contributed by atoms with E-state index >= 15 is 0 Å². The standard InChI is InChI=1S/C12H15N3O4/c1-8-6-13-11(5-10(8)15(18)19)14-4-2-3-9(7-14)12(16)17/h5-6,9H,2-4,7H2,1H3,(H,16,17). The zero-order valence-electron chi connectivity index (χ0n) is 10.6. The number of carboxylic acids is 1. The second kappa shape index (κ2) is 5.21. The summed E-state index contributed by atoms with van der Waals surface area (Å²) in [6, 6.07) is 1.42. The first-order valence-electron chi connectivity index (χ1n) is 6.08. The molecule has 0 radical (unpaired) electrons. The Morgan fingerprint density at radius 2 is 2.37 bits per heavy atom. The van der Waals surface area contributed by atoms with Crippen LogP contribution < -0.4 is 4.90 Å². The fourth-order valence-electron chi connectivity index (χ4n) is 2.26. The van der Waals surface area contributed by atoms with Crippen LogP contribution in [0.1, 0.15) is 18.4 Å². The molecule has 1 aliphatic heterocycles. The summed E-state index contributed by atoms with van der Waals surface area (Å²) in [5.74, 6) is -0.787. The van der Waals surface area contributed by atoms with Crippen molar-refractivity contribution in [3.05, 3.63) is 27.9 Å². The summed E-state index contributed by atoms with van der Waals surface area (Å²) >= 11 is 0. The van der Waals surface area contributed by atoms with Crippen molar-refractivity contribution in [3.8, 4) is 0 Å². The minimum absolute atomic E-state index is 0.0162. The van der Waals surface area contributed by atoms with E-state index in [1.54, 1.807) is 11.8 Å². The fraction of sp³-hybridized carbons (Fsp3) is 0.500. The normalized spacial score (nSPS) is 19.2. The van der Waals surface area contributed by atoms with Gasteiger partial charge in [0.15, 0.2) is 0 Å². The van der Waals surface area contributed by atoms with Crippen LogP contribution in [0.2, 0.25) is 0 Å². The molecule has 2 heterocycles. The van der Waals surface area contributed by atoms with Crippen molar-refractivity contribution in [2.75, 3.05) is 18.0 Å². The van der Waals surface area contributed by atoms with Crippen molar-refractivity contribution < 1.29 is 14.8 Å². The maximum Gasteiger partial charge on any atom is 0.308 e. The smallest absolute Gasteiger partial charge is 0.308 e. The van der Waals surface area contributed by atoms with E-state index in [0.717, 1.165) is 6.42 Å². The van der Waals surface area contributed by atoms with E-state index in [2.05, 4.69) is 4.98 Å². The van der Waals surface area contributed by atoms with E-state index in [1.807, 2.05) is 0 Å². The van der Waals surface area contributed by atoms with Crippen molar-refractivity contribution in [1.29, 1.82) is 0 Å². The summed E-state index contributed by atoms with van der Waals surface area (Å²) in [6.07, 6.45) is 2.85. The van der Waals surface area contributed by atoms with Crippen LogP contribution in [0.15, 0.2) is 12.3 Å². The largest absolute Gasteiger partial charge is 0.481 e. The van der Waals surface area contributed by atoms with E-state index in [4.69, 9.17) is 5.11 Å². The Hall–Kier alpha value is -2.18. The maximum absolute atomic E-state index is 11.0. The number of aromatic nitrogens is 1. The lowest BCUT2D eigenvalue weighted by molar-refractivity contribution is -0.385. The molecule has 0 aliphatic carbocycles. The van der Waals surface area contributed by atoms with Crippen LogP contribution in [-0.4, -0.2) is 34.1 Å². The second-order valence-electron chi connectivity index (χ2n) is 4.71. The Kier molecular flexibility index (Phi) is 3.64. The van der Waals surface area contributed by atoms with E-state index in [9.17, 15) is 14.9 Å². The number of carbonyl (C=O) groups is 1. The monoisotopic (exact) mass is 265 g/mol. The summed E-state index contributed by atoms with van der Waals surface area (Å²) in [5.41, 5.74) is 0.517. The highest BCUT2D eigenvalue weighted by Gasteiger charge is 2.27. The number of hydrogen-bond acceptors (Lipinski definition) is 5. The lowest BCUT2D eigenvalue weighted by atomic mass is 9.98. The van der Waals surface area contributed by atoms with Gasteiger partial charge in [0, 0.05) is 24.8 Å². The van der Waals surface area contributed by atoms with Crippen LogP contribution in [0, 0.1) is 23.0 Å².